The van der Waals surface area contributed by atoms with E-state index < -0.39 is 29.4 Å². The van der Waals surface area contributed by atoms with Gasteiger partial charge in [0, 0.05) is 29.4 Å². The molecule has 0 aliphatic carbocycles. The second kappa shape index (κ2) is 13.5. The van der Waals surface area contributed by atoms with Crippen molar-refractivity contribution in [2.45, 2.75) is 26.5 Å². The molecule has 12 nitrogen and oxygen atoms in total. The normalized spacial score (nSPS) is 11.6. The van der Waals surface area contributed by atoms with Crippen molar-refractivity contribution in [3.05, 3.63) is 100 Å². The van der Waals surface area contributed by atoms with Gasteiger partial charge in [-0.3, -0.25) is 24.0 Å². The van der Waals surface area contributed by atoms with Crippen molar-refractivity contribution in [3.8, 4) is 28.7 Å². The summed E-state index contributed by atoms with van der Waals surface area (Å²) in [4.78, 5) is 43.2. The number of methoxy groups -OCH3 is 2. The van der Waals surface area contributed by atoms with Crippen LogP contribution in [-0.4, -0.2) is 53.1 Å². The number of ether oxygens (including phenoxy) is 4. The summed E-state index contributed by atoms with van der Waals surface area (Å²) in [6, 6.07) is 17.8. The van der Waals surface area contributed by atoms with Crippen LogP contribution in [0.4, 0.5) is 10.1 Å². The van der Waals surface area contributed by atoms with Crippen LogP contribution in [0, 0.1) is 12.7 Å². The monoisotopic (exact) mass is 629 g/mol. The van der Waals surface area contributed by atoms with E-state index in [9.17, 15) is 14.4 Å². The zero-order valence-electron chi connectivity index (χ0n) is 25.6. The molecule has 0 fully saturated rings. The molecule has 238 valence electrons. The summed E-state index contributed by atoms with van der Waals surface area (Å²) in [6.45, 7) is 2.88. The number of esters is 1. The molecular formula is C33H32FN5O7. The first-order chi connectivity index (χ1) is 22.1. The number of pyridine rings is 1. The van der Waals surface area contributed by atoms with Crippen LogP contribution in [0.25, 0.3) is 16.6 Å². The molecule has 0 spiro atoms. The summed E-state index contributed by atoms with van der Waals surface area (Å²) in [7, 11) is 3.01. The lowest BCUT2D eigenvalue weighted by molar-refractivity contribution is -0.147. The van der Waals surface area contributed by atoms with E-state index in [1.54, 1.807) is 61.0 Å². The number of amides is 1. The predicted molar refractivity (Wildman–Crippen MR) is 169 cm³/mol. The molecule has 2 aromatic heterocycles. The zero-order valence-corrected chi connectivity index (χ0v) is 25.6. The van der Waals surface area contributed by atoms with Crippen LogP contribution in [0.15, 0.2) is 77.7 Å². The van der Waals surface area contributed by atoms with Crippen LogP contribution < -0.4 is 30.8 Å². The molecule has 0 aliphatic heterocycles. The van der Waals surface area contributed by atoms with Crippen molar-refractivity contribution in [2.75, 3.05) is 26.1 Å². The Labute approximate surface area is 263 Å². The van der Waals surface area contributed by atoms with Crippen LogP contribution in [0.1, 0.15) is 23.0 Å². The number of halogens is 1. The summed E-state index contributed by atoms with van der Waals surface area (Å²) >= 11 is 0. The third-order valence-electron chi connectivity index (χ3n) is 7.14. The molecule has 46 heavy (non-hydrogen) atoms. The number of hydrogen-bond donors (Lipinski definition) is 2. The van der Waals surface area contributed by atoms with E-state index in [-0.39, 0.29) is 30.1 Å². The van der Waals surface area contributed by atoms with Gasteiger partial charge < -0.3 is 30.0 Å². The van der Waals surface area contributed by atoms with Crippen LogP contribution >= 0.6 is 0 Å². The van der Waals surface area contributed by atoms with Crippen molar-refractivity contribution >= 4 is 28.5 Å². The highest BCUT2D eigenvalue weighted by molar-refractivity contribution is 6.05. The number of benzene rings is 3. The van der Waals surface area contributed by atoms with Crippen molar-refractivity contribution in [3.63, 3.8) is 0 Å². The van der Waals surface area contributed by atoms with Crippen LogP contribution in [0.5, 0.6) is 23.0 Å². The number of para-hydroxylation sites is 1. The number of nitrogens with zero attached hydrogens (tertiary/aromatic N) is 3. The topological polar surface area (TPSA) is 149 Å². The van der Waals surface area contributed by atoms with E-state index >= 15 is 4.39 Å². The van der Waals surface area contributed by atoms with E-state index in [2.05, 4.69) is 10.3 Å². The van der Waals surface area contributed by atoms with Gasteiger partial charge >= 0.3 is 5.97 Å². The molecule has 0 saturated carbocycles. The maximum Gasteiger partial charge on any atom is 0.320 e. The third-order valence-corrected chi connectivity index (χ3v) is 7.14. The quantitative estimate of drug-likeness (QED) is 0.200. The summed E-state index contributed by atoms with van der Waals surface area (Å²) in [5.74, 6) is -0.966. The Morgan fingerprint density at radius 3 is 2.37 bits per heavy atom. The first kappa shape index (κ1) is 31.7. The minimum atomic E-state index is -0.755. The number of aromatic nitrogens is 3. The highest BCUT2D eigenvalue weighted by atomic mass is 19.1. The minimum absolute atomic E-state index is 0.0450. The number of fused-ring (bicyclic) bond motifs is 1. The molecule has 0 bridgehead atoms. The molecule has 13 heteroatoms. The standard InChI is InChI=1S/C33H32FN5O7/c1-19(45-30(40)17-35)18-38-33(42)31(20(2)39(38)22-8-6-5-7-9-22)32(41)37-21-10-11-27(24(34)14-21)46-26-12-13-36-25-16-29(44-4)28(43-3)15-23(25)26/h5-16,19H,17-18,35H2,1-4H3,(H,37,41)/t19-/m1/s1. The Morgan fingerprint density at radius 1 is 0.978 bits per heavy atom. The molecule has 0 saturated heterocycles. The number of nitrogens with one attached hydrogen (secondary N) is 1. The molecule has 0 unspecified atom stereocenters. The summed E-state index contributed by atoms with van der Waals surface area (Å²) in [6.07, 6.45) is 0.805. The molecule has 3 aromatic carbocycles. The van der Waals surface area contributed by atoms with E-state index in [1.165, 1.54) is 37.2 Å². The van der Waals surface area contributed by atoms with Gasteiger partial charge in [0.15, 0.2) is 23.1 Å². The fourth-order valence-electron chi connectivity index (χ4n) is 5.05. The van der Waals surface area contributed by atoms with Gasteiger partial charge in [0.25, 0.3) is 11.5 Å². The molecular weight excluding hydrogens is 597 g/mol. The van der Waals surface area contributed by atoms with Gasteiger partial charge in [0.05, 0.1) is 44.2 Å². The Balaban J connectivity index is 1.42. The van der Waals surface area contributed by atoms with Crippen LogP contribution in [-0.2, 0) is 16.1 Å². The third kappa shape index (κ3) is 6.40. The molecule has 5 aromatic rings. The van der Waals surface area contributed by atoms with Gasteiger partial charge in [-0.15, -0.1) is 0 Å². The number of hydrogen-bond acceptors (Lipinski definition) is 9. The second-order valence-electron chi connectivity index (χ2n) is 10.2. The van der Waals surface area contributed by atoms with Crippen LogP contribution in [0.2, 0.25) is 0 Å². The summed E-state index contributed by atoms with van der Waals surface area (Å²) in [5.41, 5.74) is 6.18. The molecule has 5 rings (SSSR count). The number of carbonyl (C=O) groups is 2. The highest BCUT2D eigenvalue weighted by Crippen LogP contribution is 2.37. The molecule has 2 heterocycles. The van der Waals surface area contributed by atoms with E-state index in [4.69, 9.17) is 24.7 Å². The number of anilines is 1. The van der Waals surface area contributed by atoms with E-state index in [1.807, 2.05) is 6.07 Å². The predicted octanol–water partition coefficient (Wildman–Crippen LogP) is 4.59. The fourth-order valence-corrected chi connectivity index (χ4v) is 5.05. The smallest absolute Gasteiger partial charge is 0.320 e. The lowest BCUT2D eigenvalue weighted by Gasteiger charge is -2.17. The lowest BCUT2D eigenvalue weighted by Crippen LogP contribution is -2.33. The molecule has 1 amide bonds. The molecule has 3 N–H and O–H groups in total. The maximum absolute atomic E-state index is 15.3. The second-order valence-corrected chi connectivity index (χ2v) is 10.2. The summed E-state index contributed by atoms with van der Waals surface area (Å²) < 4.78 is 40.1. The highest BCUT2D eigenvalue weighted by Gasteiger charge is 2.26. The average molecular weight is 630 g/mol. The lowest BCUT2D eigenvalue weighted by atomic mass is 10.1. The molecule has 0 radical (unpaired) electrons. The van der Waals surface area contributed by atoms with E-state index in [0.29, 0.717) is 39.5 Å². The largest absolute Gasteiger partial charge is 0.493 e. The Hall–Kier alpha value is -5.69. The van der Waals surface area contributed by atoms with Gasteiger partial charge in [0.1, 0.15) is 17.4 Å². The Kier molecular flexibility index (Phi) is 9.33. The number of rotatable bonds is 11. The van der Waals surface area contributed by atoms with Gasteiger partial charge in [-0.25, -0.2) is 9.07 Å². The number of carbonyl (C=O) groups excluding carboxylic acids is 2. The maximum atomic E-state index is 15.3. The van der Waals surface area contributed by atoms with Gasteiger partial charge in [-0.2, -0.15) is 0 Å². The van der Waals surface area contributed by atoms with Crippen molar-refractivity contribution in [1.82, 2.24) is 14.3 Å². The Morgan fingerprint density at radius 2 is 1.70 bits per heavy atom. The van der Waals surface area contributed by atoms with Crippen LogP contribution in [0.3, 0.4) is 0 Å². The minimum Gasteiger partial charge on any atom is -0.493 e. The zero-order chi connectivity index (χ0) is 33.0. The first-order valence-electron chi connectivity index (χ1n) is 14.2. The SMILES string of the molecule is COc1cc2nccc(Oc3ccc(NC(=O)c4c(C)n(-c5ccccc5)n(C[C@@H](C)OC(=O)CN)c4=O)cc3F)c2cc1OC. The number of nitrogens with two attached hydrogens (primary N) is 1. The van der Waals surface area contributed by atoms with E-state index in [0.717, 1.165) is 6.07 Å². The Bertz CT molecular complexity index is 1970. The molecule has 0 aliphatic rings. The average Bonchev–Trinajstić information content (AvgIpc) is 3.29. The first-order valence-corrected chi connectivity index (χ1v) is 14.2. The fraction of sp³-hybridized carbons (Fsp3) is 0.212. The van der Waals surface area contributed by atoms with Gasteiger partial charge in [-0.05, 0) is 50.2 Å². The van der Waals surface area contributed by atoms with Gasteiger partial charge in [-0.1, -0.05) is 18.2 Å². The molecule has 1 atom stereocenters. The summed E-state index contributed by atoms with van der Waals surface area (Å²) in [5, 5.41) is 3.18. The van der Waals surface area contributed by atoms with Crippen molar-refractivity contribution in [1.29, 1.82) is 0 Å². The van der Waals surface area contributed by atoms with Crippen molar-refractivity contribution < 1.29 is 32.9 Å². The van der Waals surface area contributed by atoms with Gasteiger partial charge in [0.2, 0.25) is 0 Å². The van der Waals surface area contributed by atoms with Crippen molar-refractivity contribution in [2.24, 2.45) is 5.73 Å².